The molecule has 3 N–H and O–H groups in total. The Bertz CT molecular complexity index is 742. The van der Waals surface area contributed by atoms with Gasteiger partial charge in [0.2, 0.25) is 5.88 Å². The number of hydrogen-bond acceptors (Lipinski definition) is 7. The highest BCUT2D eigenvalue weighted by Crippen LogP contribution is 2.16. The van der Waals surface area contributed by atoms with Crippen molar-refractivity contribution in [2.45, 2.75) is 20.0 Å². The summed E-state index contributed by atoms with van der Waals surface area (Å²) in [6.45, 7) is -1.56. The molecule has 0 bridgehead atoms. The number of nitrogens with two attached hydrogens (primary N) is 1. The first kappa shape index (κ1) is 19.2. The number of aromatic nitrogens is 1. The zero-order chi connectivity index (χ0) is 19.1. The molecule has 0 saturated heterocycles. The van der Waals surface area contributed by atoms with Gasteiger partial charge in [-0.05, 0) is 31.0 Å². The summed E-state index contributed by atoms with van der Waals surface area (Å²) in [4.78, 5) is 23.5. The van der Waals surface area contributed by atoms with Crippen LogP contribution in [0.3, 0.4) is 0 Å². The van der Waals surface area contributed by atoms with Gasteiger partial charge in [0.1, 0.15) is 11.3 Å². The number of halogens is 2. The van der Waals surface area contributed by atoms with E-state index in [9.17, 15) is 18.4 Å². The van der Waals surface area contributed by atoms with E-state index < -0.39 is 25.1 Å². The number of carbonyl (C=O) groups is 2. The van der Waals surface area contributed by atoms with Crippen LogP contribution in [0.4, 0.5) is 14.7 Å². The lowest BCUT2D eigenvalue weighted by molar-refractivity contribution is -0.124. The zero-order valence-electron chi connectivity index (χ0n) is 13.8. The van der Waals surface area contributed by atoms with Crippen molar-refractivity contribution < 1.29 is 32.4 Å². The summed E-state index contributed by atoms with van der Waals surface area (Å²) < 4.78 is 37.8. The fourth-order valence-electron chi connectivity index (χ4n) is 2.07. The molecule has 140 valence electrons. The molecule has 2 rings (SSSR count). The Morgan fingerprint density at radius 3 is 2.58 bits per heavy atom. The van der Waals surface area contributed by atoms with E-state index in [1.54, 1.807) is 12.1 Å². The van der Waals surface area contributed by atoms with Crippen LogP contribution in [0.5, 0.6) is 5.75 Å². The maximum Gasteiger partial charge on any atom is 0.387 e. The normalized spacial score (nSPS) is 10.6. The highest BCUT2D eigenvalue weighted by atomic mass is 19.3. The Balaban J connectivity index is 1.71. The van der Waals surface area contributed by atoms with Gasteiger partial charge in [-0.25, -0.2) is 4.79 Å². The molecule has 0 saturated carbocycles. The smallest absolute Gasteiger partial charge is 0.387 e. The first-order valence-electron chi connectivity index (χ1n) is 7.56. The second-order valence-corrected chi connectivity index (χ2v) is 5.21. The first-order chi connectivity index (χ1) is 12.4. The van der Waals surface area contributed by atoms with Crippen molar-refractivity contribution >= 4 is 17.8 Å². The lowest BCUT2D eigenvalue weighted by Crippen LogP contribution is -2.30. The number of carbonyl (C=O) groups excluding carboxylic acids is 2. The number of benzene rings is 1. The average molecular weight is 369 g/mol. The molecule has 0 aliphatic carbocycles. The molecule has 0 radical (unpaired) electrons. The molecule has 10 heteroatoms. The van der Waals surface area contributed by atoms with Gasteiger partial charge >= 0.3 is 12.6 Å². The SMILES string of the molecule is Cc1noc(N)c1C(=O)OCC(=O)NCCc1ccc(OC(F)F)cc1. The van der Waals surface area contributed by atoms with Crippen molar-refractivity contribution in [3.8, 4) is 5.75 Å². The Morgan fingerprint density at radius 2 is 2.00 bits per heavy atom. The molecule has 0 unspecified atom stereocenters. The van der Waals surface area contributed by atoms with E-state index in [4.69, 9.17) is 10.5 Å². The maximum atomic E-state index is 12.1. The molecule has 0 spiro atoms. The number of nitrogen functional groups attached to an aromatic ring is 1. The van der Waals surface area contributed by atoms with E-state index in [1.165, 1.54) is 19.1 Å². The van der Waals surface area contributed by atoms with Crippen LogP contribution in [0.2, 0.25) is 0 Å². The highest BCUT2D eigenvalue weighted by molar-refractivity contribution is 5.96. The number of anilines is 1. The number of esters is 1. The van der Waals surface area contributed by atoms with Crippen LogP contribution >= 0.6 is 0 Å². The largest absolute Gasteiger partial charge is 0.452 e. The fourth-order valence-corrected chi connectivity index (χ4v) is 2.07. The number of nitrogens with zero attached hydrogens (tertiary/aromatic N) is 1. The maximum absolute atomic E-state index is 12.1. The number of rotatable bonds is 8. The minimum Gasteiger partial charge on any atom is -0.452 e. The molecule has 0 aliphatic heterocycles. The monoisotopic (exact) mass is 369 g/mol. The van der Waals surface area contributed by atoms with Crippen molar-refractivity contribution in [1.29, 1.82) is 0 Å². The van der Waals surface area contributed by atoms with E-state index >= 15 is 0 Å². The first-order valence-corrected chi connectivity index (χ1v) is 7.56. The summed E-state index contributed by atoms with van der Waals surface area (Å²) >= 11 is 0. The number of hydrogen-bond donors (Lipinski definition) is 2. The van der Waals surface area contributed by atoms with Crippen molar-refractivity contribution in [3.63, 3.8) is 0 Å². The zero-order valence-corrected chi connectivity index (χ0v) is 13.8. The number of alkyl halides is 2. The number of ether oxygens (including phenoxy) is 2. The predicted molar refractivity (Wildman–Crippen MR) is 85.7 cm³/mol. The Labute approximate surface area is 147 Å². The van der Waals surface area contributed by atoms with Gasteiger partial charge in [0, 0.05) is 6.54 Å². The van der Waals surface area contributed by atoms with Crippen LogP contribution in [0.1, 0.15) is 21.6 Å². The lowest BCUT2D eigenvalue weighted by atomic mass is 10.1. The van der Waals surface area contributed by atoms with Gasteiger partial charge in [0.05, 0.1) is 5.69 Å². The van der Waals surface area contributed by atoms with Gasteiger partial charge in [0.15, 0.2) is 6.61 Å². The molecule has 1 aromatic heterocycles. The second kappa shape index (κ2) is 8.79. The van der Waals surface area contributed by atoms with Crippen molar-refractivity contribution in [2.24, 2.45) is 0 Å². The van der Waals surface area contributed by atoms with Gasteiger partial charge < -0.3 is 25.0 Å². The molecular weight excluding hydrogens is 352 g/mol. The molecule has 0 aliphatic rings. The van der Waals surface area contributed by atoms with Crippen LogP contribution in [-0.2, 0) is 16.0 Å². The molecule has 0 atom stereocenters. The third kappa shape index (κ3) is 5.43. The fraction of sp³-hybridized carbons (Fsp3) is 0.312. The minimum absolute atomic E-state index is 0.0103. The van der Waals surface area contributed by atoms with Crippen molar-refractivity contribution in [2.75, 3.05) is 18.9 Å². The molecule has 26 heavy (non-hydrogen) atoms. The summed E-state index contributed by atoms with van der Waals surface area (Å²) in [5, 5.41) is 6.09. The Morgan fingerprint density at radius 1 is 1.31 bits per heavy atom. The summed E-state index contributed by atoms with van der Waals surface area (Å²) in [6, 6.07) is 6.05. The second-order valence-electron chi connectivity index (χ2n) is 5.21. The summed E-state index contributed by atoms with van der Waals surface area (Å²) in [7, 11) is 0. The van der Waals surface area contributed by atoms with Crippen LogP contribution in [0, 0.1) is 6.92 Å². The van der Waals surface area contributed by atoms with Crippen molar-refractivity contribution in [3.05, 3.63) is 41.1 Å². The van der Waals surface area contributed by atoms with E-state index in [0.29, 0.717) is 6.42 Å². The molecule has 1 heterocycles. The van der Waals surface area contributed by atoms with E-state index in [0.717, 1.165) is 5.56 Å². The van der Waals surface area contributed by atoms with Crippen LogP contribution in [0.25, 0.3) is 0 Å². The van der Waals surface area contributed by atoms with Crippen molar-refractivity contribution in [1.82, 2.24) is 10.5 Å². The Kier molecular flexibility index (Phi) is 6.48. The molecule has 0 fully saturated rings. The molecule has 2 aromatic rings. The quantitative estimate of drug-likeness (QED) is 0.680. The van der Waals surface area contributed by atoms with Gasteiger partial charge in [-0.2, -0.15) is 8.78 Å². The molecule has 8 nitrogen and oxygen atoms in total. The number of aryl methyl sites for hydroxylation is 1. The van der Waals surface area contributed by atoms with Crippen LogP contribution < -0.4 is 15.8 Å². The predicted octanol–water partition coefficient (Wildman–Crippen LogP) is 1.68. The molecule has 1 aromatic carbocycles. The van der Waals surface area contributed by atoms with E-state index in [2.05, 4.69) is 19.7 Å². The average Bonchev–Trinajstić information content (AvgIpc) is 2.92. The summed E-state index contributed by atoms with van der Waals surface area (Å²) in [6.07, 6.45) is 0.465. The van der Waals surface area contributed by atoms with Gasteiger partial charge in [-0.15, -0.1) is 0 Å². The van der Waals surface area contributed by atoms with Gasteiger partial charge in [0.25, 0.3) is 5.91 Å². The van der Waals surface area contributed by atoms with E-state index in [-0.39, 0.29) is 29.4 Å². The highest BCUT2D eigenvalue weighted by Gasteiger charge is 2.20. The standard InChI is InChI=1S/C16H17F2N3O5/c1-9-13(14(19)26-21-9)15(23)24-8-12(22)20-7-6-10-2-4-11(5-3-10)25-16(17)18/h2-5,16H,6-8,19H2,1H3,(H,20,22). The summed E-state index contributed by atoms with van der Waals surface area (Å²) in [5.74, 6) is -1.41. The van der Waals surface area contributed by atoms with Crippen LogP contribution in [-0.4, -0.2) is 36.8 Å². The van der Waals surface area contributed by atoms with Crippen LogP contribution in [0.15, 0.2) is 28.8 Å². The molecule has 1 amide bonds. The van der Waals surface area contributed by atoms with E-state index in [1.807, 2.05) is 0 Å². The lowest BCUT2D eigenvalue weighted by Gasteiger charge is -2.08. The third-order valence-electron chi connectivity index (χ3n) is 3.31. The number of amides is 1. The third-order valence-corrected chi connectivity index (χ3v) is 3.31. The van der Waals surface area contributed by atoms with Gasteiger partial charge in [-0.1, -0.05) is 17.3 Å². The van der Waals surface area contributed by atoms with Gasteiger partial charge in [-0.3, -0.25) is 4.79 Å². The Hall–Kier alpha value is -3.17. The number of nitrogens with one attached hydrogen (secondary N) is 1. The minimum atomic E-state index is -2.88. The summed E-state index contributed by atoms with van der Waals surface area (Å²) in [5.41, 5.74) is 6.53. The topological polar surface area (TPSA) is 117 Å². The molecular formula is C16H17F2N3O5.